The fourth-order valence-corrected chi connectivity index (χ4v) is 1.45. The first-order valence-corrected chi connectivity index (χ1v) is 4.22. The summed E-state index contributed by atoms with van der Waals surface area (Å²) in [4.78, 5) is 11.2. The molecule has 0 unspecified atom stereocenters. The van der Waals surface area contributed by atoms with Gasteiger partial charge in [-0.15, -0.1) is 0 Å². The fourth-order valence-electron chi connectivity index (χ4n) is 1.45. The topological polar surface area (TPSA) is 44.1 Å². The van der Waals surface area contributed by atoms with Gasteiger partial charge in [-0.1, -0.05) is 6.92 Å². The minimum atomic E-state index is -0.368. The Bertz CT molecular complexity index is 329. The van der Waals surface area contributed by atoms with Gasteiger partial charge in [0.2, 0.25) is 0 Å². The van der Waals surface area contributed by atoms with Crippen LogP contribution in [0.4, 0.5) is 0 Å². The van der Waals surface area contributed by atoms with Crippen LogP contribution < -0.4 is 0 Å². The van der Waals surface area contributed by atoms with E-state index in [9.17, 15) is 4.79 Å². The van der Waals surface area contributed by atoms with Crippen LogP contribution in [0.25, 0.3) is 0 Å². The summed E-state index contributed by atoms with van der Waals surface area (Å²) >= 11 is 0. The van der Waals surface area contributed by atoms with E-state index in [1.165, 1.54) is 7.11 Å². The molecular weight excluding hydrogens is 168 g/mol. The first kappa shape index (κ1) is 9.77. The first-order chi connectivity index (χ1) is 6.11. The molecule has 0 aliphatic heterocycles. The zero-order chi connectivity index (χ0) is 10.0. The van der Waals surface area contributed by atoms with Crippen LogP contribution in [0.1, 0.15) is 28.7 Å². The van der Waals surface area contributed by atoms with Gasteiger partial charge in [0.05, 0.1) is 7.11 Å². The molecule has 0 amide bonds. The molecule has 0 N–H and O–H groups in total. The second-order valence-electron chi connectivity index (χ2n) is 2.89. The lowest BCUT2D eigenvalue weighted by atomic mass is 10.2. The standard InChI is InChI=1S/C9H14N2O2/c1-5-7-6(2)8(9(12)13-4)10-11(7)3/h5H2,1-4H3. The van der Waals surface area contributed by atoms with Gasteiger partial charge < -0.3 is 4.74 Å². The SMILES string of the molecule is CCc1c(C)c(C(=O)OC)nn1C. The Morgan fingerprint density at radius 2 is 2.23 bits per heavy atom. The van der Waals surface area contributed by atoms with Crippen molar-refractivity contribution in [3.05, 3.63) is 17.0 Å². The number of hydrogen-bond acceptors (Lipinski definition) is 3. The Morgan fingerprint density at radius 1 is 1.62 bits per heavy atom. The molecule has 13 heavy (non-hydrogen) atoms. The molecule has 0 spiro atoms. The van der Waals surface area contributed by atoms with Crippen molar-refractivity contribution in [2.75, 3.05) is 7.11 Å². The van der Waals surface area contributed by atoms with E-state index in [2.05, 4.69) is 9.84 Å². The van der Waals surface area contributed by atoms with E-state index in [0.717, 1.165) is 17.7 Å². The van der Waals surface area contributed by atoms with Crippen LogP contribution in [0.3, 0.4) is 0 Å². The third-order valence-electron chi connectivity index (χ3n) is 2.14. The molecule has 1 heterocycles. The summed E-state index contributed by atoms with van der Waals surface area (Å²) in [6.07, 6.45) is 0.867. The highest BCUT2D eigenvalue weighted by atomic mass is 16.5. The van der Waals surface area contributed by atoms with Crippen LogP contribution in [0.15, 0.2) is 0 Å². The summed E-state index contributed by atoms with van der Waals surface area (Å²) in [7, 11) is 3.19. The van der Waals surface area contributed by atoms with Crippen molar-refractivity contribution in [3.63, 3.8) is 0 Å². The smallest absolute Gasteiger partial charge is 0.358 e. The van der Waals surface area contributed by atoms with Gasteiger partial charge >= 0.3 is 5.97 Å². The highest BCUT2D eigenvalue weighted by Gasteiger charge is 2.17. The summed E-state index contributed by atoms with van der Waals surface area (Å²) in [5.74, 6) is -0.368. The Balaban J connectivity index is 3.18. The van der Waals surface area contributed by atoms with Gasteiger partial charge in [0.15, 0.2) is 5.69 Å². The summed E-state index contributed by atoms with van der Waals surface area (Å²) in [5, 5.41) is 4.09. The van der Waals surface area contributed by atoms with Crippen molar-refractivity contribution in [2.45, 2.75) is 20.3 Å². The van der Waals surface area contributed by atoms with Crippen LogP contribution in [0.5, 0.6) is 0 Å². The van der Waals surface area contributed by atoms with Crippen LogP contribution in [-0.2, 0) is 18.2 Å². The molecule has 0 atom stereocenters. The maximum absolute atomic E-state index is 11.2. The van der Waals surface area contributed by atoms with E-state index in [1.54, 1.807) is 4.68 Å². The quantitative estimate of drug-likeness (QED) is 0.643. The molecule has 0 fully saturated rings. The minimum absolute atomic E-state index is 0.368. The number of nitrogens with zero attached hydrogens (tertiary/aromatic N) is 2. The second kappa shape index (κ2) is 3.60. The average Bonchev–Trinajstić information content (AvgIpc) is 2.40. The van der Waals surface area contributed by atoms with E-state index >= 15 is 0 Å². The minimum Gasteiger partial charge on any atom is -0.464 e. The number of aryl methyl sites for hydroxylation is 1. The molecule has 0 radical (unpaired) electrons. The summed E-state index contributed by atoms with van der Waals surface area (Å²) < 4.78 is 6.34. The van der Waals surface area contributed by atoms with Gasteiger partial charge in [-0.05, 0) is 13.3 Å². The monoisotopic (exact) mass is 182 g/mol. The lowest BCUT2D eigenvalue weighted by molar-refractivity contribution is 0.0592. The molecule has 1 aromatic rings. The normalized spacial score (nSPS) is 10.2. The zero-order valence-electron chi connectivity index (χ0n) is 8.42. The largest absolute Gasteiger partial charge is 0.464 e. The molecule has 0 aromatic carbocycles. The van der Waals surface area contributed by atoms with Crippen LogP contribution in [0.2, 0.25) is 0 Å². The maximum atomic E-state index is 11.2. The maximum Gasteiger partial charge on any atom is 0.358 e. The molecule has 0 bridgehead atoms. The average molecular weight is 182 g/mol. The second-order valence-corrected chi connectivity index (χ2v) is 2.89. The molecule has 1 aromatic heterocycles. The van der Waals surface area contributed by atoms with E-state index < -0.39 is 0 Å². The highest BCUT2D eigenvalue weighted by Crippen LogP contribution is 2.13. The van der Waals surface area contributed by atoms with Gasteiger partial charge in [-0.2, -0.15) is 5.10 Å². The number of ether oxygens (including phenoxy) is 1. The van der Waals surface area contributed by atoms with Crippen LogP contribution in [0, 0.1) is 6.92 Å². The highest BCUT2D eigenvalue weighted by molar-refractivity contribution is 5.88. The number of aromatic nitrogens is 2. The van der Waals surface area contributed by atoms with Crippen molar-refractivity contribution in [1.82, 2.24) is 9.78 Å². The number of rotatable bonds is 2. The summed E-state index contributed by atoms with van der Waals surface area (Å²) in [6.45, 7) is 3.92. The third-order valence-corrected chi connectivity index (χ3v) is 2.14. The molecule has 1 rings (SSSR count). The van der Waals surface area contributed by atoms with Crippen LogP contribution in [-0.4, -0.2) is 22.9 Å². The number of esters is 1. The first-order valence-electron chi connectivity index (χ1n) is 4.22. The Morgan fingerprint density at radius 3 is 2.62 bits per heavy atom. The molecule has 0 aliphatic carbocycles. The Hall–Kier alpha value is -1.32. The van der Waals surface area contributed by atoms with Gasteiger partial charge in [-0.25, -0.2) is 4.79 Å². The lowest BCUT2D eigenvalue weighted by Gasteiger charge is -1.97. The van der Waals surface area contributed by atoms with Gasteiger partial charge in [0.1, 0.15) is 0 Å². The lowest BCUT2D eigenvalue weighted by Crippen LogP contribution is -2.04. The van der Waals surface area contributed by atoms with Gasteiger partial charge in [-0.3, -0.25) is 4.68 Å². The Kier molecular flexibility index (Phi) is 2.70. The van der Waals surface area contributed by atoms with E-state index in [1.807, 2.05) is 20.9 Å². The van der Waals surface area contributed by atoms with Crippen molar-refractivity contribution < 1.29 is 9.53 Å². The van der Waals surface area contributed by atoms with E-state index in [-0.39, 0.29) is 5.97 Å². The molecule has 0 saturated carbocycles. The number of hydrogen-bond donors (Lipinski definition) is 0. The van der Waals surface area contributed by atoms with Crippen molar-refractivity contribution in [3.8, 4) is 0 Å². The molecule has 4 nitrogen and oxygen atoms in total. The van der Waals surface area contributed by atoms with Crippen LogP contribution >= 0.6 is 0 Å². The molecule has 0 aliphatic rings. The van der Waals surface area contributed by atoms with Crippen molar-refractivity contribution in [2.24, 2.45) is 7.05 Å². The Labute approximate surface area is 77.5 Å². The van der Waals surface area contributed by atoms with Gasteiger partial charge in [0, 0.05) is 18.3 Å². The summed E-state index contributed by atoms with van der Waals surface area (Å²) in [6, 6.07) is 0. The number of carbonyl (C=O) groups is 1. The van der Waals surface area contributed by atoms with Crippen molar-refractivity contribution in [1.29, 1.82) is 0 Å². The number of carbonyl (C=O) groups excluding carboxylic acids is 1. The van der Waals surface area contributed by atoms with E-state index in [4.69, 9.17) is 0 Å². The van der Waals surface area contributed by atoms with Gasteiger partial charge in [0.25, 0.3) is 0 Å². The van der Waals surface area contributed by atoms with E-state index in [0.29, 0.717) is 5.69 Å². The zero-order valence-corrected chi connectivity index (χ0v) is 8.42. The predicted molar refractivity (Wildman–Crippen MR) is 48.7 cm³/mol. The van der Waals surface area contributed by atoms with Crippen molar-refractivity contribution >= 4 is 5.97 Å². The third kappa shape index (κ3) is 1.56. The molecule has 0 saturated heterocycles. The summed E-state index contributed by atoms with van der Waals surface area (Å²) in [5.41, 5.74) is 2.40. The predicted octanol–water partition coefficient (Wildman–Crippen LogP) is 1.08. The molecule has 4 heteroatoms. The fraction of sp³-hybridized carbons (Fsp3) is 0.556. The molecule has 72 valence electrons. The molecular formula is C9H14N2O2. The number of methoxy groups -OCH3 is 1.